The van der Waals surface area contributed by atoms with Gasteiger partial charge in [-0.25, -0.2) is 0 Å². The van der Waals surface area contributed by atoms with Gasteiger partial charge in [0.2, 0.25) is 5.91 Å². The Labute approximate surface area is 199 Å². The first kappa shape index (κ1) is 22.7. The SMILES string of the molecule is CN1C[C@@H](NC(=O)c2ccc(Cl)s2)CC1C(=O)Nc1ccc(-n2ccccc2=O)cc1C#N. The molecule has 3 heterocycles. The van der Waals surface area contributed by atoms with E-state index in [1.165, 1.54) is 22.0 Å². The van der Waals surface area contributed by atoms with Crippen LogP contribution in [0.25, 0.3) is 5.69 Å². The summed E-state index contributed by atoms with van der Waals surface area (Å²) in [5, 5.41) is 15.4. The van der Waals surface area contributed by atoms with Gasteiger partial charge < -0.3 is 10.6 Å². The zero-order valence-corrected chi connectivity index (χ0v) is 19.2. The number of hydrogen-bond acceptors (Lipinski definition) is 6. The number of aromatic nitrogens is 1. The molecule has 33 heavy (non-hydrogen) atoms. The van der Waals surface area contributed by atoms with Crippen LogP contribution in [0.3, 0.4) is 0 Å². The molecule has 0 spiro atoms. The monoisotopic (exact) mass is 481 g/mol. The Morgan fingerprint density at radius 1 is 1.21 bits per heavy atom. The van der Waals surface area contributed by atoms with Gasteiger partial charge in [-0.15, -0.1) is 11.3 Å². The van der Waals surface area contributed by atoms with Gasteiger partial charge in [-0.05, 0) is 49.9 Å². The highest BCUT2D eigenvalue weighted by Gasteiger charge is 2.35. The van der Waals surface area contributed by atoms with E-state index in [4.69, 9.17) is 11.6 Å². The number of nitrogens with one attached hydrogen (secondary N) is 2. The molecule has 0 saturated carbocycles. The highest BCUT2D eigenvalue weighted by molar-refractivity contribution is 7.18. The van der Waals surface area contributed by atoms with E-state index in [9.17, 15) is 19.6 Å². The number of benzene rings is 1. The molecule has 2 atom stereocenters. The molecule has 0 bridgehead atoms. The van der Waals surface area contributed by atoms with Crippen molar-refractivity contribution in [2.45, 2.75) is 18.5 Å². The highest BCUT2D eigenvalue weighted by Crippen LogP contribution is 2.24. The van der Waals surface area contributed by atoms with Crippen LogP contribution in [-0.4, -0.2) is 47.0 Å². The normalized spacial score (nSPS) is 18.0. The molecule has 2 amide bonds. The summed E-state index contributed by atoms with van der Waals surface area (Å²) in [4.78, 5) is 39.8. The second-order valence-corrected chi connectivity index (χ2v) is 9.42. The van der Waals surface area contributed by atoms with Crippen molar-refractivity contribution in [3.63, 3.8) is 0 Å². The summed E-state index contributed by atoms with van der Waals surface area (Å²) in [6.07, 6.45) is 2.05. The number of rotatable bonds is 5. The highest BCUT2D eigenvalue weighted by atomic mass is 35.5. The van der Waals surface area contributed by atoms with Crippen molar-refractivity contribution in [2.75, 3.05) is 18.9 Å². The van der Waals surface area contributed by atoms with Crippen LogP contribution in [0.2, 0.25) is 4.34 Å². The van der Waals surface area contributed by atoms with Gasteiger partial charge in [0.25, 0.3) is 11.5 Å². The Morgan fingerprint density at radius 3 is 2.73 bits per heavy atom. The fourth-order valence-electron chi connectivity index (χ4n) is 3.84. The van der Waals surface area contributed by atoms with Crippen molar-refractivity contribution in [1.29, 1.82) is 5.26 Å². The van der Waals surface area contributed by atoms with E-state index in [1.54, 1.807) is 48.7 Å². The maximum atomic E-state index is 13.0. The lowest BCUT2D eigenvalue weighted by Gasteiger charge is -2.19. The van der Waals surface area contributed by atoms with Gasteiger partial charge in [0.05, 0.1) is 32.2 Å². The van der Waals surface area contributed by atoms with Crippen molar-refractivity contribution in [1.82, 2.24) is 14.8 Å². The van der Waals surface area contributed by atoms with E-state index >= 15 is 0 Å². The van der Waals surface area contributed by atoms with Crippen molar-refractivity contribution in [3.8, 4) is 11.8 Å². The molecule has 4 rings (SSSR count). The summed E-state index contributed by atoms with van der Waals surface area (Å²) < 4.78 is 1.96. The van der Waals surface area contributed by atoms with E-state index in [-0.39, 0.29) is 29.0 Å². The fraction of sp³-hybridized carbons (Fsp3) is 0.217. The third-order valence-corrected chi connectivity index (χ3v) is 6.70. The molecule has 1 unspecified atom stereocenters. The Balaban J connectivity index is 1.44. The van der Waals surface area contributed by atoms with Crippen molar-refractivity contribution in [3.05, 3.63) is 79.9 Å². The second kappa shape index (κ2) is 9.58. The van der Waals surface area contributed by atoms with Crippen LogP contribution in [0.1, 0.15) is 21.7 Å². The van der Waals surface area contributed by atoms with Crippen LogP contribution in [0.4, 0.5) is 5.69 Å². The molecule has 1 aromatic carbocycles. The van der Waals surface area contributed by atoms with E-state index < -0.39 is 6.04 Å². The topological polar surface area (TPSA) is 107 Å². The van der Waals surface area contributed by atoms with Crippen molar-refractivity contribution >= 4 is 40.4 Å². The standard InChI is InChI=1S/C23H20ClN5O3S/c1-28-13-15(26-23(32)19-7-8-20(24)33-19)11-18(28)22(31)27-17-6-5-16(10-14(17)12-25)29-9-3-2-4-21(29)30/h2-10,15,18H,11,13H2,1H3,(H,26,32)(H,27,31)/t15-,18?/m0/s1. The summed E-state index contributed by atoms with van der Waals surface area (Å²) in [6, 6.07) is 14.4. The third-order valence-electron chi connectivity index (χ3n) is 5.47. The number of nitrogens with zero attached hydrogens (tertiary/aromatic N) is 3. The number of halogens is 1. The third kappa shape index (κ3) is 4.98. The molecule has 0 radical (unpaired) electrons. The Bertz CT molecular complexity index is 1310. The minimum absolute atomic E-state index is 0.193. The Morgan fingerprint density at radius 2 is 2.03 bits per heavy atom. The zero-order chi connectivity index (χ0) is 23.5. The smallest absolute Gasteiger partial charge is 0.261 e. The van der Waals surface area contributed by atoms with Gasteiger partial charge in [-0.1, -0.05) is 17.7 Å². The van der Waals surface area contributed by atoms with Gasteiger partial charge in [0.1, 0.15) is 6.07 Å². The molecule has 1 aliphatic rings. The fourth-order valence-corrected chi connectivity index (χ4v) is 4.79. The molecule has 3 aromatic rings. The first-order chi connectivity index (χ1) is 15.9. The van der Waals surface area contributed by atoms with E-state index in [2.05, 4.69) is 16.7 Å². The van der Waals surface area contributed by atoms with Crippen LogP contribution in [0.15, 0.2) is 59.5 Å². The minimum Gasteiger partial charge on any atom is -0.347 e. The molecule has 1 aliphatic heterocycles. The summed E-state index contributed by atoms with van der Waals surface area (Å²) in [5.41, 5.74) is 0.925. The lowest BCUT2D eigenvalue weighted by molar-refractivity contribution is -0.119. The number of nitriles is 1. The summed E-state index contributed by atoms with van der Waals surface area (Å²) >= 11 is 7.10. The Kier molecular flexibility index (Phi) is 6.60. The molecular formula is C23H20ClN5O3S. The molecule has 2 N–H and O–H groups in total. The van der Waals surface area contributed by atoms with Gasteiger partial charge >= 0.3 is 0 Å². The molecule has 168 valence electrons. The number of anilines is 1. The quantitative estimate of drug-likeness (QED) is 0.582. The molecule has 10 heteroatoms. The predicted molar refractivity (Wildman–Crippen MR) is 127 cm³/mol. The number of thiophene rings is 1. The first-order valence-electron chi connectivity index (χ1n) is 10.1. The van der Waals surface area contributed by atoms with Crippen molar-refractivity contribution < 1.29 is 9.59 Å². The number of pyridine rings is 1. The van der Waals surface area contributed by atoms with Gasteiger partial charge in [0, 0.05) is 24.8 Å². The zero-order valence-electron chi connectivity index (χ0n) is 17.6. The average Bonchev–Trinajstić information content (AvgIpc) is 3.39. The molecule has 1 saturated heterocycles. The molecule has 2 aromatic heterocycles. The van der Waals surface area contributed by atoms with Gasteiger partial charge in [0.15, 0.2) is 0 Å². The van der Waals surface area contributed by atoms with E-state index in [0.29, 0.717) is 33.6 Å². The maximum absolute atomic E-state index is 13.0. The molecular weight excluding hydrogens is 462 g/mol. The summed E-state index contributed by atoms with van der Waals surface area (Å²) in [6.45, 7) is 0.518. The van der Waals surface area contributed by atoms with Crippen LogP contribution < -0.4 is 16.2 Å². The van der Waals surface area contributed by atoms with Crippen LogP contribution >= 0.6 is 22.9 Å². The lowest BCUT2D eigenvalue weighted by Crippen LogP contribution is -2.37. The van der Waals surface area contributed by atoms with Crippen LogP contribution in [0.5, 0.6) is 0 Å². The van der Waals surface area contributed by atoms with Crippen LogP contribution in [0, 0.1) is 11.3 Å². The van der Waals surface area contributed by atoms with Gasteiger partial charge in [-0.2, -0.15) is 5.26 Å². The summed E-state index contributed by atoms with van der Waals surface area (Å²) in [7, 11) is 1.81. The van der Waals surface area contributed by atoms with E-state index in [0.717, 1.165) is 0 Å². The van der Waals surface area contributed by atoms with Gasteiger partial charge in [-0.3, -0.25) is 23.9 Å². The number of hydrogen-bond donors (Lipinski definition) is 2. The minimum atomic E-state index is -0.467. The molecule has 1 fully saturated rings. The van der Waals surface area contributed by atoms with Crippen molar-refractivity contribution in [2.24, 2.45) is 0 Å². The molecule has 8 nitrogen and oxygen atoms in total. The van der Waals surface area contributed by atoms with Crippen LogP contribution in [-0.2, 0) is 4.79 Å². The largest absolute Gasteiger partial charge is 0.347 e. The first-order valence-corrected chi connectivity index (χ1v) is 11.3. The number of carbonyl (C=O) groups excluding carboxylic acids is 2. The number of amides is 2. The maximum Gasteiger partial charge on any atom is 0.261 e. The number of likely N-dealkylation sites (N-methyl/N-ethyl adjacent to an activating group) is 1. The lowest BCUT2D eigenvalue weighted by atomic mass is 10.1. The van der Waals surface area contributed by atoms with E-state index in [1.807, 2.05) is 11.9 Å². The number of likely N-dealkylation sites (tertiary alicyclic amines) is 1. The Hall–Kier alpha value is -3.45. The second-order valence-electron chi connectivity index (χ2n) is 7.71. The predicted octanol–water partition coefficient (Wildman–Crippen LogP) is 2.87. The average molecular weight is 482 g/mol. The number of carbonyl (C=O) groups is 2. The summed E-state index contributed by atoms with van der Waals surface area (Å²) in [5.74, 6) is -0.487. The molecule has 0 aliphatic carbocycles.